The van der Waals surface area contributed by atoms with Crippen LogP contribution in [0.25, 0.3) is 0 Å². The van der Waals surface area contributed by atoms with Crippen molar-refractivity contribution in [1.29, 1.82) is 0 Å². The van der Waals surface area contributed by atoms with Crippen LogP contribution in [0.3, 0.4) is 0 Å². The van der Waals surface area contributed by atoms with Gasteiger partial charge in [0.25, 0.3) is 0 Å². The average molecular weight is 360 g/mol. The van der Waals surface area contributed by atoms with Gasteiger partial charge in [-0.3, -0.25) is 9.59 Å². The van der Waals surface area contributed by atoms with Gasteiger partial charge >= 0.3 is 6.03 Å². The third-order valence-corrected chi connectivity index (χ3v) is 7.43. The number of urea groups is 1. The quantitative estimate of drug-likeness (QED) is 0.746. The van der Waals surface area contributed by atoms with E-state index in [0.717, 1.165) is 37.0 Å². The molecule has 2 saturated heterocycles. The van der Waals surface area contributed by atoms with Gasteiger partial charge in [0.05, 0.1) is 13.1 Å². The van der Waals surface area contributed by atoms with E-state index in [-0.39, 0.29) is 29.9 Å². The molecule has 2 aliphatic heterocycles. The monoisotopic (exact) mass is 360 g/mol. The normalized spacial score (nSPS) is 41.5. The first-order chi connectivity index (χ1) is 12.4. The lowest BCUT2D eigenvalue weighted by Gasteiger charge is -2.57. The molecule has 142 valence electrons. The molecule has 7 nitrogen and oxygen atoms in total. The van der Waals surface area contributed by atoms with E-state index in [0.29, 0.717) is 19.6 Å². The third-order valence-electron chi connectivity index (χ3n) is 7.43. The Morgan fingerprint density at radius 2 is 1.65 bits per heavy atom. The number of fused-ring (bicyclic) bond motifs is 1. The predicted octanol–water partition coefficient (Wildman–Crippen LogP) is 0.650. The lowest BCUT2D eigenvalue weighted by molar-refractivity contribution is -0.157. The SMILES string of the molecule is CN1CC(=O)N2CCN(C(=O)NC34CC5CC(CC(C5)C3)C4)C[C@@H]2C1=O. The fourth-order valence-corrected chi connectivity index (χ4v) is 6.67. The average Bonchev–Trinajstić information content (AvgIpc) is 2.57. The van der Waals surface area contributed by atoms with Gasteiger partial charge in [0.2, 0.25) is 11.8 Å². The molecule has 1 atom stereocenters. The molecule has 0 spiro atoms. The second-order valence-corrected chi connectivity index (χ2v) is 9.37. The van der Waals surface area contributed by atoms with Crippen molar-refractivity contribution in [2.45, 2.75) is 50.1 Å². The van der Waals surface area contributed by atoms with Gasteiger partial charge < -0.3 is 20.0 Å². The zero-order valence-electron chi connectivity index (χ0n) is 15.4. The van der Waals surface area contributed by atoms with Crippen molar-refractivity contribution in [2.75, 3.05) is 33.2 Å². The van der Waals surface area contributed by atoms with E-state index in [2.05, 4.69) is 5.32 Å². The minimum atomic E-state index is -0.517. The largest absolute Gasteiger partial charge is 0.335 e. The van der Waals surface area contributed by atoms with E-state index >= 15 is 0 Å². The van der Waals surface area contributed by atoms with Crippen LogP contribution in [0, 0.1) is 17.8 Å². The summed E-state index contributed by atoms with van der Waals surface area (Å²) in [5.41, 5.74) is -0.0217. The number of nitrogens with zero attached hydrogens (tertiary/aromatic N) is 3. The molecule has 6 fully saturated rings. The Balaban J connectivity index is 1.28. The van der Waals surface area contributed by atoms with Gasteiger partial charge in [0.15, 0.2) is 0 Å². The summed E-state index contributed by atoms with van der Waals surface area (Å²) in [7, 11) is 1.66. The molecule has 4 amide bonds. The fraction of sp³-hybridized carbons (Fsp3) is 0.842. The standard InChI is InChI=1S/C19H28N4O3/c1-21-11-16(24)23-3-2-22(10-15(23)17(21)25)18(26)20-19-7-12-4-13(8-19)6-14(5-12)9-19/h12-15H,2-11H2,1H3,(H,20,26)/t12?,13?,14?,15-,19?/m1/s1. The van der Waals surface area contributed by atoms with Crippen molar-refractivity contribution in [3.05, 3.63) is 0 Å². The van der Waals surface area contributed by atoms with Crippen molar-refractivity contribution in [2.24, 2.45) is 17.8 Å². The number of rotatable bonds is 1. The lowest BCUT2D eigenvalue weighted by atomic mass is 9.53. The Hall–Kier alpha value is -1.79. The molecular weight excluding hydrogens is 332 g/mol. The first-order valence-corrected chi connectivity index (χ1v) is 10.0. The van der Waals surface area contributed by atoms with E-state index < -0.39 is 6.04 Å². The smallest absolute Gasteiger partial charge is 0.317 e. The molecule has 26 heavy (non-hydrogen) atoms. The summed E-state index contributed by atoms with van der Waals surface area (Å²) in [5.74, 6) is 2.27. The fourth-order valence-electron chi connectivity index (χ4n) is 6.67. The summed E-state index contributed by atoms with van der Waals surface area (Å²) in [6.45, 7) is 1.43. The van der Waals surface area contributed by atoms with Gasteiger partial charge in [-0.05, 0) is 56.3 Å². The lowest BCUT2D eigenvalue weighted by Crippen LogP contribution is -2.69. The number of likely N-dealkylation sites (N-methyl/N-ethyl adjacent to an activating group) is 1. The van der Waals surface area contributed by atoms with Gasteiger partial charge in [-0.1, -0.05) is 0 Å². The number of hydrogen-bond acceptors (Lipinski definition) is 3. The first-order valence-electron chi connectivity index (χ1n) is 10.0. The Morgan fingerprint density at radius 1 is 1.04 bits per heavy atom. The highest BCUT2D eigenvalue weighted by Gasteiger charge is 2.52. The Morgan fingerprint density at radius 3 is 2.27 bits per heavy atom. The summed E-state index contributed by atoms with van der Waals surface area (Å²) >= 11 is 0. The number of amides is 4. The van der Waals surface area contributed by atoms with Crippen molar-refractivity contribution in [1.82, 2.24) is 20.0 Å². The molecular formula is C19H28N4O3. The second kappa shape index (κ2) is 5.60. The van der Waals surface area contributed by atoms with Gasteiger partial charge in [-0.25, -0.2) is 4.79 Å². The molecule has 0 aromatic rings. The first kappa shape index (κ1) is 16.4. The van der Waals surface area contributed by atoms with Gasteiger partial charge in [-0.2, -0.15) is 0 Å². The number of piperazine rings is 2. The summed E-state index contributed by atoms with van der Waals surface area (Å²) in [5, 5.41) is 3.39. The molecule has 4 aliphatic carbocycles. The maximum absolute atomic E-state index is 13.0. The van der Waals surface area contributed by atoms with Crippen molar-refractivity contribution in [3.8, 4) is 0 Å². The van der Waals surface area contributed by atoms with Crippen LogP contribution in [-0.4, -0.2) is 77.4 Å². The van der Waals surface area contributed by atoms with Crippen LogP contribution in [0.4, 0.5) is 4.79 Å². The molecule has 6 aliphatic rings. The van der Waals surface area contributed by atoms with E-state index in [4.69, 9.17) is 0 Å². The topological polar surface area (TPSA) is 73.0 Å². The molecule has 4 bridgehead atoms. The molecule has 0 unspecified atom stereocenters. The highest BCUT2D eigenvalue weighted by atomic mass is 16.2. The van der Waals surface area contributed by atoms with Crippen LogP contribution in [0.15, 0.2) is 0 Å². The Bertz CT molecular complexity index is 628. The number of carbonyl (C=O) groups excluding carboxylic acids is 3. The van der Waals surface area contributed by atoms with Crippen LogP contribution < -0.4 is 5.32 Å². The second-order valence-electron chi connectivity index (χ2n) is 9.37. The highest BCUT2D eigenvalue weighted by molar-refractivity contribution is 5.95. The predicted molar refractivity (Wildman–Crippen MR) is 94.1 cm³/mol. The van der Waals surface area contributed by atoms with Gasteiger partial charge in [0, 0.05) is 25.7 Å². The van der Waals surface area contributed by atoms with Crippen LogP contribution >= 0.6 is 0 Å². The van der Waals surface area contributed by atoms with Crippen LogP contribution in [0.5, 0.6) is 0 Å². The minimum Gasteiger partial charge on any atom is -0.335 e. The van der Waals surface area contributed by atoms with Crippen LogP contribution in [-0.2, 0) is 9.59 Å². The van der Waals surface area contributed by atoms with E-state index in [9.17, 15) is 14.4 Å². The summed E-state index contributed by atoms with van der Waals surface area (Å²) in [4.78, 5) is 42.5. The zero-order valence-corrected chi connectivity index (χ0v) is 15.4. The maximum Gasteiger partial charge on any atom is 0.317 e. The molecule has 2 heterocycles. The summed E-state index contributed by atoms with van der Waals surface area (Å²) in [6, 6.07) is -0.558. The number of nitrogens with one attached hydrogen (secondary N) is 1. The molecule has 4 saturated carbocycles. The maximum atomic E-state index is 13.0. The van der Waals surface area contributed by atoms with E-state index in [1.165, 1.54) is 24.2 Å². The number of hydrogen-bond donors (Lipinski definition) is 1. The summed E-state index contributed by atoms with van der Waals surface area (Å²) < 4.78 is 0. The minimum absolute atomic E-state index is 0.0155. The molecule has 6 rings (SSSR count). The molecule has 0 radical (unpaired) electrons. The highest BCUT2D eigenvalue weighted by Crippen LogP contribution is 2.55. The molecule has 0 aromatic heterocycles. The van der Waals surface area contributed by atoms with Crippen molar-refractivity contribution in [3.63, 3.8) is 0 Å². The van der Waals surface area contributed by atoms with Gasteiger partial charge in [-0.15, -0.1) is 0 Å². The molecule has 7 heteroatoms. The van der Waals surface area contributed by atoms with Crippen molar-refractivity contribution >= 4 is 17.8 Å². The zero-order chi connectivity index (χ0) is 18.1. The Kier molecular flexibility index (Phi) is 3.53. The molecule has 1 N–H and O–H groups in total. The van der Waals surface area contributed by atoms with Crippen LogP contribution in [0.2, 0.25) is 0 Å². The van der Waals surface area contributed by atoms with Gasteiger partial charge in [0.1, 0.15) is 6.04 Å². The number of carbonyl (C=O) groups is 3. The Labute approximate surface area is 154 Å². The third kappa shape index (κ3) is 2.50. The molecule has 0 aromatic carbocycles. The van der Waals surface area contributed by atoms with E-state index in [1.54, 1.807) is 16.8 Å². The van der Waals surface area contributed by atoms with Crippen molar-refractivity contribution < 1.29 is 14.4 Å². The summed E-state index contributed by atoms with van der Waals surface area (Å²) in [6.07, 6.45) is 7.40. The van der Waals surface area contributed by atoms with E-state index in [1.807, 2.05) is 0 Å². The van der Waals surface area contributed by atoms with Crippen LogP contribution in [0.1, 0.15) is 38.5 Å².